The third-order valence-electron chi connectivity index (χ3n) is 11.1. The fraction of sp³-hybridized carbons (Fsp3) is 0.767. The molecule has 0 bridgehead atoms. The van der Waals surface area contributed by atoms with Crippen molar-refractivity contribution in [2.75, 3.05) is 0 Å². The second kappa shape index (κ2) is 8.11. The van der Waals surface area contributed by atoms with Gasteiger partial charge in [0.1, 0.15) is 0 Å². The summed E-state index contributed by atoms with van der Waals surface area (Å²) in [5.74, 6) is -0.238. The minimum Gasteiger partial charge on any atom is -0.481 e. The Hall–Kier alpha value is -1.35. The number of rotatable bonds is 5. The quantitative estimate of drug-likeness (QED) is 0.428. The Bertz CT molecular complexity index is 904. The van der Waals surface area contributed by atoms with Gasteiger partial charge in [-0.2, -0.15) is 0 Å². The first kappa shape index (κ1) is 24.8. The largest absolute Gasteiger partial charge is 0.481 e. The summed E-state index contributed by atoms with van der Waals surface area (Å²) < 4.78 is 0. The van der Waals surface area contributed by atoms with Gasteiger partial charge in [-0.3, -0.25) is 4.79 Å². The van der Waals surface area contributed by atoms with E-state index in [2.05, 4.69) is 66.7 Å². The molecule has 2 N–H and O–H groups in total. The van der Waals surface area contributed by atoms with Crippen LogP contribution in [0.3, 0.4) is 0 Å². The predicted octanol–water partition coefficient (Wildman–Crippen LogP) is 7.32. The molecule has 0 heterocycles. The number of aliphatic carboxylic acids is 1. The van der Waals surface area contributed by atoms with Crippen LogP contribution >= 0.6 is 0 Å². The topological polar surface area (TPSA) is 57.5 Å². The first-order valence-electron chi connectivity index (χ1n) is 13.2. The average molecular weight is 455 g/mol. The van der Waals surface area contributed by atoms with E-state index in [0.29, 0.717) is 5.92 Å². The lowest BCUT2D eigenvalue weighted by molar-refractivity contribution is -0.146. The van der Waals surface area contributed by atoms with Crippen molar-refractivity contribution in [3.63, 3.8) is 0 Å². The molecule has 4 aliphatic carbocycles. The van der Waals surface area contributed by atoms with Crippen molar-refractivity contribution < 1.29 is 15.0 Å². The van der Waals surface area contributed by atoms with E-state index in [1.165, 1.54) is 16.7 Å². The van der Waals surface area contributed by atoms with E-state index in [1.807, 2.05) is 0 Å². The summed E-state index contributed by atoms with van der Waals surface area (Å²) in [5.41, 5.74) is 4.32. The first-order chi connectivity index (χ1) is 15.3. The van der Waals surface area contributed by atoms with Gasteiger partial charge >= 0.3 is 5.97 Å². The minimum absolute atomic E-state index is 0.0245. The van der Waals surface area contributed by atoms with Crippen LogP contribution in [0.1, 0.15) is 99.8 Å². The van der Waals surface area contributed by atoms with Crippen molar-refractivity contribution in [1.29, 1.82) is 0 Å². The van der Waals surface area contributed by atoms with Gasteiger partial charge in [0.15, 0.2) is 0 Å². The molecule has 3 nitrogen and oxygen atoms in total. The van der Waals surface area contributed by atoms with Crippen LogP contribution in [0.2, 0.25) is 0 Å². The molecule has 0 aromatic rings. The van der Waals surface area contributed by atoms with Gasteiger partial charge in [-0.25, -0.2) is 0 Å². The maximum Gasteiger partial charge on any atom is 0.306 e. The number of hydrogen-bond donors (Lipinski definition) is 2. The van der Waals surface area contributed by atoms with Gasteiger partial charge in [0.25, 0.3) is 0 Å². The zero-order valence-electron chi connectivity index (χ0n) is 22.0. The van der Waals surface area contributed by atoms with Crippen LogP contribution in [0.5, 0.6) is 0 Å². The third-order valence-corrected chi connectivity index (χ3v) is 11.1. The molecule has 2 unspecified atom stereocenters. The van der Waals surface area contributed by atoms with Crippen molar-refractivity contribution in [1.82, 2.24) is 0 Å². The molecular formula is C30H46O3. The van der Waals surface area contributed by atoms with Gasteiger partial charge < -0.3 is 10.2 Å². The summed E-state index contributed by atoms with van der Waals surface area (Å²) in [6.45, 7) is 16.0. The Labute approximate surface area is 201 Å². The lowest BCUT2D eigenvalue weighted by Gasteiger charge is -2.61. The number of hydrogen-bond acceptors (Lipinski definition) is 2. The molecule has 7 atom stereocenters. The fourth-order valence-corrected chi connectivity index (χ4v) is 8.73. The van der Waals surface area contributed by atoms with Gasteiger partial charge in [0, 0.05) is 0 Å². The van der Waals surface area contributed by atoms with E-state index >= 15 is 0 Å². The summed E-state index contributed by atoms with van der Waals surface area (Å²) in [5, 5.41) is 21.0. The zero-order valence-corrected chi connectivity index (χ0v) is 22.0. The average Bonchev–Trinajstić information content (AvgIpc) is 3.00. The van der Waals surface area contributed by atoms with Crippen LogP contribution in [-0.2, 0) is 4.79 Å². The molecule has 4 aliphatic rings. The Balaban J connectivity index is 1.70. The molecule has 0 aromatic heterocycles. The molecule has 0 saturated heterocycles. The second-order valence-electron chi connectivity index (χ2n) is 13.2. The molecular weight excluding hydrogens is 408 g/mol. The number of allylic oxidation sites excluding steroid dienone is 6. The van der Waals surface area contributed by atoms with E-state index < -0.39 is 5.97 Å². The number of aliphatic hydroxyl groups is 1. The van der Waals surface area contributed by atoms with Crippen LogP contribution < -0.4 is 0 Å². The fourth-order valence-electron chi connectivity index (χ4n) is 8.73. The molecule has 0 aliphatic heterocycles. The maximum atomic E-state index is 12.4. The zero-order chi connectivity index (χ0) is 24.4. The van der Waals surface area contributed by atoms with Crippen LogP contribution in [-0.4, -0.2) is 22.3 Å². The molecule has 0 aromatic carbocycles. The second-order valence-corrected chi connectivity index (χ2v) is 13.2. The van der Waals surface area contributed by atoms with Crippen molar-refractivity contribution in [3.05, 3.63) is 34.9 Å². The number of carbonyl (C=O) groups is 1. The smallest absolute Gasteiger partial charge is 0.306 e. The summed E-state index contributed by atoms with van der Waals surface area (Å²) in [6.07, 6.45) is 14.5. The van der Waals surface area contributed by atoms with E-state index in [9.17, 15) is 15.0 Å². The highest BCUT2D eigenvalue weighted by atomic mass is 16.4. The molecule has 2 fully saturated rings. The number of aliphatic hydroxyl groups excluding tert-OH is 1. The normalized spacial score (nSPS) is 42.2. The number of fused-ring (bicyclic) bond motifs is 5. The number of carboxylic acids is 1. The molecule has 0 spiro atoms. The monoisotopic (exact) mass is 454 g/mol. The van der Waals surface area contributed by atoms with Gasteiger partial charge in [-0.05, 0) is 110 Å². The minimum atomic E-state index is -0.616. The highest BCUT2D eigenvalue weighted by molar-refractivity contribution is 5.71. The predicted molar refractivity (Wildman–Crippen MR) is 135 cm³/mol. The van der Waals surface area contributed by atoms with E-state index in [-0.39, 0.29) is 39.6 Å². The lowest BCUT2D eigenvalue weighted by Crippen LogP contribution is -2.54. The molecule has 0 amide bonds. The molecule has 184 valence electrons. The summed E-state index contributed by atoms with van der Waals surface area (Å²) in [6, 6.07) is 0. The molecule has 4 rings (SSSR count). The van der Waals surface area contributed by atoms with Crippen molar-refractivity contribution in [2.24, 2.45) is 39.4 Å². The summed E-state index contributed by atoms with van der Waals surface area (Å²) >= 11 is 0. The summed E-state index contributed by atoms with van der Waals surface area (Å²) in [4.78, 5) is 12.4. The van der Waals surface area contributed by atoms with Crippen molar-refractivity contribution in [3.8, 4) is 0 Å². The highest BCUT2D eigenvalue weighted by Crippen LogP contribution is 2.71. The Morgan fingerprint density at radius 3 is 2.42 bits per heavy atom. The lowest BCUT2D eigenvalue weighted by atomic mass is 9.44. The molecule has 33 heavy (non-hydrogen) atoms. The van der Waals surface area contributed by atoms with Gasteiger partial charge in [-0.1, -0.05) is 58.4 Å². The van der Waals surface area contributed by atoms with E-state index in [1.54, 1.807) is 0 Å². The van der Waals surface area contributed by atoms with Crippen LogP contribution in [0.15, 0.2) is 34.9 Å². The summed E-state index contributed by atoms with van der Waals surface area (Å²) in [7, 11) is 0. The van der Waals surface area contributed by atoms with Crippen molar-refractivity contribution in [2.45, 2.75) is 106 Å². The van der Waals surface area contributed by atoms with Gasteiger partial charge in [0.2, 0.25) is 0 Å². The first-order valence-corrected chi connectivity index (χ1v) is 13.2. The van der Waals surface area contributed by atoms with Crippen LogP contribution in [0.4, 0.5) is 0 Å². The van der Waals surface area contributed by atoms with Crippen molar-refractivity contribution >= 4 is 5.97 Å². The van der Waals surface area contributed by atoms with Gasteiger partial charge in [-0.15, -0.1) is 0 Å². The van der Waals surface area contributed by atoms with Crippen LogP contribution in [0.25, 0.3) is 0 Å². The Kier molecular flexibility index (Phi) is 6.08. The van der Waals surface area contributed by atoms with Crippen LogP contribution in [0, 0.1) is 39.4 Å². The molecule has 0 radical (unpaired) electrons. The highest BCUT2D eigenvalue weighted by Gasteiger charge is 2.63. The SMILES string of the molecule is CC(C)=CCC[C@@H](C(=O)O)[C@H]1CC[C@@]2(C)C3=CCC4C(C)(C)C(O)CC[C@]4(C)C3=CC[C@]12C. The maximum absolute atomic E-state index is 12.4. The third kappa shape index (κ3) is 3.51. The molecule has 3 heteroatoms. The van der Waals surface area contributed by atoms with Gasteiger partial charge in [0.05, 0.1) is 12.0 Å². The van der Waals surface area contributed by atoms with E-state index in [0.717, 1.165) is 51.4 Å². The Morgan fingerprint density at radius 1 is 1.09 bits per heavy atom. The Morgan fingerprint density at radius 2 is 1.79 bits per heavy atom. The molecule has 2 saturated carbocycles. The standard InChI is InChI=1S/C30H46O3/c1-19(2)9-8-10-20(26(32)33)21-13-17-30(7)23-11-12-24-27(3,4)25(31)15-16-28(24,5)22(23)14-18-29(21,30)6/h9,11,14,20-21,24-25,31H,8,10,12-13,15-18H2,1-7H3,(H,32,33)/t20-,21-,24?,25?,28-,29-,30+/m1/s1. The number of carboxylic acid groups (broad SMARTS) is 1. The van der Waals surface area contributed by atoms with E-state index in [4.69, 9.17) is 0 Å².